The molecule has 5 amide bonds. The molecule has 0 aliphatic carbocycles. The molecule has 0 saturated carbocycles. The van der Waals surface area contributed by atoms with Crippen molar-refractivity contribution in [2.45, 2.75) is 117 Å². The smallest absolute Gasteiger partial charge is 0.328 e. The largest absolute Gasteiger partial charge is 0.664 e. The van der Waals surface area contributed by atoms with Gasteiger partial charge in [-0.15, -0.1) is 5.06 Å². The summed E-state index contributed by atoms with van der Waals surface area (Å²) in [6, 6.07) is 16.7. The zero-order valence-corrected chi connectivity index (χ0v) is 43.5. The third kappa shape index (κ3) is 31.5. The van der Waals surface area contributed by atoms with Crippen molar-refractivity contribution in [1.29, 1.82) is 0 Å². The molecule has 0 aromatic heterocycles. The van der Waals surface area contributed by atoms with Crippen LogP contribution >= 0.6 is 0 Å². The van der Waals surface area contributed by atoms with E-state index in [1.807, 2.05) is 60.7 Å². The van der Waals surface area contributed by atoms with Gasteiger partial charge in [-0.2, -0.15) is 5.06 Å². The molecule has 0 bridgehead atoms. The standard InChI is InChI=1S/C14H19N2O4.C10H13NO3.C8H11N2O4.C4H5NO3.C4H8NO2.CH4.3Pt/c1-14(2,15)13(19)16-11(12(17)18)9-20-8-10-6-4-3-5-7-10;11-9(10(12)13)7-14-6-8-4-2-1-3-5-8;1-8(2,9)7(13)14-10-5(11)3-4-6(10)12;6-3-1-2-4(7)5(3)8;1-4(2,5)3(6)7;;;;/h3-7,11,15H,8-9H2,1-2H3,(H,16,19)(H,17,18);1-5,9H,6-7,11H2,(H,12,13);9H,3-4H2,1-2H3;8H,1-2H2;5H,1-2H3,(H,6,7);1H4;;;/q-1;;-1;;-1;;;;/t11-;9-;;;;;;;/m11......./s1. The van der Waals surface area contributed by atoms with Crippen LogP contribution in [0.5, 0.6) is 0 Å². The summed E-state index contributed by atoms with van der Waals surface area (Å²) in [6.45, 7) is 8.63. The summed E-state index contributed by atoms with van der Waals surface area (Å²) >= 11 is 0. The van der Waals surface area contributed by atoms with Crippen molar-refractivity contribution in [2.75, 3.05) is 13.2 Å². The molecule has 2 aliphatic rings. The number of hydrogen-bond donors (Lipinski definition) is 6. The first-order chi connectivity index (χ1) is 29.0. The molecule has 2 aromatic rings. The maximum Gasteiger partial charge on any atom is 0.328 e. The van der Waals surface area contributed by atoms with Crippen LogP contribution in [0.1, 0.15) is 85.8 Å². The van der Waals surface area contributed by atoms with Crippen molar-refractivity contribution in [3.63, 3.8) is 0 Å². The van der Waals surface area contributed by atoms with Crippen LogP contribution in [0.2, 0.25) is 0 Å². The van der Waals surface area contributed by atoms with E-state index in [2.05, 4.69) is 10.2 Å². The van der Waals surface area contributed by atoms with E-state index in [9.17, 15) is 43.2 Å². The Morgan fingerprint density at radius 3 is 1.28 bits per heavy atom. The van der Waals surface area contributed by atoms with Crippen LogP contribution in [0.4, 0.5) is 0 Å². The molecular weight excluding hydrogens is 1430 g/mol. The predicted octanol–water partition coefficient (Wildman–Crippen LogP) is 3.70. The first-order valence-electron chi connectivity index (χ1n) is 18.9. The number of imide groups is 2. The number of carboxylic acid groups (broad SMARTS) is 3. The molecule has 388 valence electrons. The van der Waals surface area contributed by atoms with E-state index in [1.165, 1.54) is 41.5 Å². The average molecular weight is 1490 g/mol. The Hall–Kier alpha value is -4.15. The van der Waals surface area contributed by atoms with Crippen LogP contribution in [0, 0.1) is 0 Å². The molecule has 10 N–H and O–H groups in total. The van der Waals surface area contributed by atoms with Gasteiger partial charge in [0.15, 0.2) is 6.04 Å². The van der Waals surface area contributed by atoms with Gasteiger partial charge in [-0.05, 0) is 22.2 Å². The van der Waals surface area contributed by atoms with Crippen molar-refractivity contribution in [3.8, 4) is 0 Å². The molecule has 26 heteroatoms. The summed E-state index contributed by atoms with van der Waals surface area (Å²) in [6.07, 6.45) is 0.416. The van der Waals surface area contributed by atoms with E-state index in [4.69, 9.17) is 52.9 Å². The maximum absolute atomic E-state index is 11.6. The van der Waals surface area contributed by atoms with E-state index in [0.717, 1.165) is 11.1 Å². The van der Waals surface area contributed by atoms with Crippen LogP contribution in [0.3, 0.4) is 0 Å². The monoisotopic (exact) mass is 1490 g/mol. The summed E-state index contributed by atoms with van der Waals surface area (Å²) in [7, 11) is 0. The summed E-state index contributed by atoms with van der Waals surface area (Å²) in [5, 5.41) is 36.9. The zero-order valence-electron chi connectivity index (χ0n) is 36.7. The number of aliphatic carboxylic acids is 3. The quantitative estimate of drug-likeness (QED) is 0.109. The second-order valence-corrected chi connectivity index (χ2v) is 15.1. The summed E-state index contributed by atoms with van der Waals surface area (Å²) in [5.41, 5.74) is 24.6. The number of nitrogens with two attached hydrogens (primary N) is 1. The second kappa shape index (κ2) is 35.0. The van der Waals surface area contributed by atoms with Crippen LogP contribution < -0.4 is 11.1 Å². The molecule has 23 nitrogen and oxygen atoms in total. The number of benzene rings is 2. The minimum atomic E-state index is -1.47. The Kier molecular flexibility index (Phi) is 37.6. The fourth-order valence-corrected chi connectivity index (χ4v) is 3.75. The van der Waals surface area contributed by atoms with E-state index in [-0.39, 0.29) is 121 Å². The Bertz CT molecular complexity index is 1830. The van der Waals surface area contributed by atoms with Crippen LogP contribution in [0.25, 0.3) is 17.2 Å². The van der Waals surface area contributed by atoms with Gasteiger partial charge in [-0.3, -0.25) is 43.6 Å². The van der Waals surface area contributed by atoms with E-state index in [0.29, 0.717) is 11.7 Å². The zero-order chi connectivity index (χ0) is 48.7. The Morgan fingerprint density at radius 1 is 0.642 bits per heavy atom. The molecule has 2 heterocycles. The van der Waals surface area contributed by atoms with E-state index >= 15 is 0 Å². The molecule has 2 saturated heterocycles. The minimum Gasteiger partial charge on any atom is -0.664 e. The fourth-order valence-electron chi connectivity index (χ4n) is 3.75. The van der Waals surface area contributed by atoms with Crippen molar-refractivity contribution in [1.82, 2.24) is 15.4 Å². The van der Waals surface area contributed by atoms with Crippen molar-refractivity contribution in [2.24, 2.45) is 5.73 Å². The van der Waals surface area contributed by atoms with E-state index in [1.54, 1.807) is 0 Å². The number of amides is 5. The van der Waals surface area contributed by atoms with Crippen molar-refractivity contribution < 1.29 is 141 Å². The van der Waals surface area contributed by atoms with Crippen molar-refractivity contribution >= 4 is 53.4 Å². The van der Waals surface area contributed by atoms with Gasteiger partial charge in [0, 0.05) is 88.9 Å². The number of hydroxylamine groups is 4. The SMILES string of the molecule is C.CC(C)([NH-])C(=O)N[C@H](COCc1ccccc1)C(=O)O.CC(C)([NH-])C(=O)O.CC(C)([NH-])C(=O)ON1C(=O)CCC1=O.N[C@H](COCc1ccccc1)C(=O)O.O=C1CCC(=O)N1O.[Pt].[Pt].[Pt]. The van der Waals surface area contributed by atoms with Gasteiger partial charge in [-0.25, -0.2) is 4.79 Å². The average Bonchev–Trinajstić information content (AvgIpc) is 3.67. The van der Waals surface area contributed by atoms with Gasteiger partial charge in [0.1, 0.15) is 6.04 Å². The molecule has 0 unspecified atom stereocenters. The molecule has 4 rings (SSSR count). The van der Waals surface area contributed by atoms with Crippen LogP contribution in [-0.2, 0) is 134 Å². The van der Waals surface area contributed by atoms with Gasteiger partial charge in [0.25, 0.3) is 29.6 Å². The Labute approximate surface area is 432 Å². The first-order valence-corrected chi connectivity index (χ1v) is 18.9. The minimum absolute atomic E-state index is 0. The Balaban J connectivity index is -0.000000246. The molecule has 0 radical (unpaired) electrons. The van der Waals surface area contributed by atoms with Gasteiger partial charge in [0.05, 0.1) is 26.4 Å². The van der Waals surface area contributed by atoms with Crippen molar-refractivity contribution in [3.05, 3.63) is 89.0 Å². The van der Waals surface area contributed by atoms with Crippen LogP contribution in [0.15, 0.2) is 60.7 Å². The molecule has 2 aromatic carbocycles. The summed E-state index contributed by atoms with van der Waals surface area (Å²) < 4.78 is 10.4. The topological polar surface area (TPSA) is 378 Å². The number of ether oxygens (including phenoxy) is 2. The normalized spacial score (nSPS) is 13.7. The number of nitrogens with one attached hydrogen (secondary N) is 4. The molecule has 2 aliphatic heterocycles. The number of nitrogens with zero attached hydrogens (tertiary/aromatic N) is 2. The first kappa shape index (κ1) is 71.8. The van der Waals surface area contributed by atoms with E-state index < -0.39 is 82.1 Å². The molecule has 0 spiro atoms. The number of hydrogen-bond acceptors (Lipinski definition) is 14. The third-order valence-corrected chi connectivity index (χ3v) is 7.54. The maximum atomic E-state index is 11.6. The van der Waals surface area contributed by atoms with Gasteiger partial charge >= 0.3 is 17.9 Å². The predicted molar refractivity (Wildman–Crippen MR) is 227 cm³/mol. The summed E-state index contributed by atoms with van der Waals surface area (Å²) in [4.78, 5) is 101. The number of carboxylic acids is 3. The number of carbonyl (C=O) groups excluding carboxylic acids is 6. The molecule has 67 heavy (non-hydrogen) atoms. The molecule has 2 fully saturated rings. The van der Waals surface area contributed by atoms with Gasteiger partial charge < -0.3 is 57.9 Å². The van der Waals surface area contributed by atoms with Gasteiger partial charge in [-0.1, -0.05) is 115 Å². The third-order valence-electron chi connectivity index (χ3n) is 7.54. The summed E-state index contributed by atoms with van der Waals surface area (Å²) in [5.74, 6) is -6.96. The second-order valence-electron chi connectivity index (χ2n) is 15.1. The number of carbonyl (C=O) groups is 9. The van der Waals surface area contributed by atoms with Crippen LogP contribution in [-0.4, -0.2) is 126 Å². The fraction of sp³-hybridized carbons (Fsp3) is 0.488. The van der Waals surface area contributed by atoms with Gasteiger partial charge in [0.2, 0.25) is 5.91 Å². The molecule has 2 atom stereocenters. The number of rotatable bonds is 15. The molecular formula is C41H60N7O16Pt3-3. The Morgan fingerprint density at radius 2 is 1.00 bits per heavy atom.